The molecule has 14 heteroatoms. The standard InChI is InChI=1S/C24H26N2O5.C22H22N2O5/c1-17(27)3-4-18-5-10-20(11-6-18)23-25-26-24(31-23)21-12-7-19(8-13-21)9-14-22(28)30-16-15-29-2;1-27-19(25)13-7-15-3-9-17(10-4-15)21-23-24-22(29-21)18-11-5-16(6-12-18)8-14-20(26)28-2/h5-8,10-13H,3-4,9,14-16H2,1-2H3;3-6,9-12H,7-8,13-14H2,1-2H3. The fraction of sp³-hybridized carbons (Fsp3) is 0.304. The van der Waals surface area contributed by atoms with E-state index in [9.17, 15) is 19.2 Å². The molecule has 0 aliphatic carbocycles. The molecule has 0 spiro atoms. The molecule has 0 N–H and O–H groups in total. The van der Waals surface area contributed by atoms with Crippen LogP contribution in [0.3, 0.4) is 0 Å². The highest BCUT2D eigenvalue weighted by atomic mass is 16.6. The number of carbonyl (C=O) groups is 4. The molecule has 0 fully saturated rings. The number of carbonyl (C=O) groups excluding carboxylic acids is 4. The molecule has 0 saturated carbocycles. The molecule has 0 bridgehead atoms. The van der Waals surface area contributed by atoms with E-state index >= 15 is 0 Å². The summed E-state index contributed by atoms with van der Waals surface area (Å²) in [6, 6.07) is 30.7. The monoisotopic (exact) mass is 816 g/mol. The number of benzene rings is 4. The van der Waals surface area contributed by atoms with E-state index in [1.54, 1.807) is 14.0 Å². The summed E-state index contributed by atoms with van der Waals surface area (Å²) < 4.78 is 30.8. The van der Waals surface area contributed by atoms with Crippen molar-refractivity contribution in [2.24, 2.45) is 0 Å². The zero-order chi connectivity index (χ0) is 42.7. The van der Waals surface area contributed by atoms with Crippen LogP contribution in [0, 0.1) is 0 Å². The Kier molecular flexibility index (Phi) is 17.0. The molecule has 0 aliphatic rings. The highest BCUT2D eigenvalue weighted by Crippen LogP contribution is 2.26. The SMILES string of the molecule is COC(=O)CCc1ccc(-c2nnc(-c3ccc(CCC(=O)OC)cc3)o2)cc1.COCCOC(=O)CCc1ccc(-c2nnc(-c3ccc(CCC(C)=O)cc3)o2)cc1. The third-order valence-electron chi connectivity index (χ3n) is 9.28. The van der Waals surface area contributed by atoms with Gasteiger partial charge in [0.1, 0.15) is 12.4 Å². The van der Waals surface area contributed by atoms with Gasteiger partial charge in [0, 0.05) is 55.0 Å². The van der Waals surface area contributed by atoms with Crippen molar-refractivity contribution in [3.8, 4) is 45.8 Å². The van der Waals surface area contributed by atoms with Crippen molar-refractivity contribution in [2.45, 2.75) is 58.3 Å². The summed E-state index contributed by atoms with van der Waals surface area (Å²) in [6.07, 6.45) is 4.09. The number of hydrogen-bond donors (Lipinski definition) is 0. The Bertz CT molecular complexity index is 2200. The van der Waals surface area contributed by atoms with E-state index in [-0.39, 0.29) is 30.3 Å². The van der Waals surface area contributed by atoms with Crippen molar-refractivity contribution in [3.63, 3.8) is 0 Å². The molecule has 2 aromatic heterocycles. The number of methoxy groups -OCH3 is 3. The molecule has 4 aromatic carbocycles. The smallest absolute Gasteiger partial charge is 0.306 e. The van der Waals surface area contributed by atoms with Crippen molar-refractivity contribution < 1.29 is 47.0 Å². The number of nitrogens with zero attached hydrogens (tertiary/aromatic N) is 4. The van der Waals surface area contributed by atoms with E-state index in [4.69, 9.17) is 18.3 Å². The third-order valence-corrected chi connectivity index (χ3v) is 9.28. The van der Waals surface area contributed by atoms with E-state index < -0.39 is 0 Å². The van der Waals surface area contributed by atoms with Crippen LogP contribution in [0.5, 0.6) is 0 Å². The van der Waals surface area contributed by atoms with Crippen molar-refractivity contribution in [3.05, 3.63) is 119 Å². The molecule has 0 atom stereocenters. The van der Waals surface area contributed by atoms with Crippen LogP contribution in [0.1, 0.15) is 54.9 Å². The minimum absolute atomic E-state index is 0.179. The first-order valence-electron chi connectivity index (χ1n) is 19.5. The van der Waals surface area contributed by atoms with E-state index in [2.05, 4.69) is 29.9 Å². The second kappa shape index (κ2) is 23.0. The molecule has 0 saturated heterocycles. The van der Waals surface area contributed by atoms with Crippen LogP contribution in [0.25, 0.3) is 45.8 Å². The quantitative estimate of drug-likeness (QED) is 0.0441. The number of hydrogen-bond acceptors (Lipinski definition) is 14. The summed E-state index contributed by atoms with van der Waals surface area (Å²) >= 11 is 0. The molecule has 14 nitrogen and oxygen atoms in total. The summed E-state index contributed by atoms with van der Waals surface area (Å²) in [5.41, 5.74) is 7.42. The maximum absolute atomic E-state index is 11.7. The van der Waals surface area contributed by atoms with Crippen molar-refractivity contribution in [1.29, 1.82) is 0 Å². The van der Waals surface area contributed by atoms with Crippen LogP contribution >= 0.6 is 0 Å². The van der Waals surface area contributed by atoms with Gasteiger partial charge in [0.2, 0.25) is 23.6 Å². The first-order valence-corrected chi connectivity index (χ1v) is 19.5. The zero-order valence-electron chi connectivity index (χ0n) is 34.2. The lowest BCUT2D eigenvalue weighted by molar-refractivity contribution is -0.145. The van der Waals surface area contributed by atoms with Gasteiger partial charge in [0.05, 0.1) is 20.8 Å². The van der Waals surface area contributed by atoms with Gasteiger partial charge < -0.3 is 32.6 Å². The number of esters is 3. The van der Waals surface area contributed by atoms with Crippen molar-refractivity contribution in [2.75, 3.05) is 34.5 Å². The van der Waals surface area contributed by atoms with E-state index in [1.807, 2.05) is 97.1 Å². The van der Waals surface area contributed by atoms with Crippen LogP contribution in [0.15, 0.2) is 106 Å². The Hall–Kier alpha value is -6.80. The van der Waals surface area contributed by atoms with Gasteiger partial charge in [-0.3, -0.25) is 14.4 Å². The largest absolute Gasteiger partial charge is 0.469 e. The molecular weight excluding hydrogens is 769 g/mol. The maximum Gasteiger partial charge on any atom is 0.306 e. The Morgan fingerprint density at radius 1 is 0.433 bits per heavy atom. The molecule has 60 heavy (non-hydrogen) atoms. The third kappa shape index (κ3) is 13.9. The summed E-state index contributed by atoms with van der Waals surface area (Å²) in [5, 5.41) is 16.5. The predicted molar refractivity (Wildman–Crippen MR) is 221 cm³/mol. The number of rotatable bonds is 19. The van der Waals surface area contributed by atoms with E-state index in [0.29, 0.717) is 75.1 Å². The Balaban J connectivity index is 0.000000228. The average Bonchev–Trinajstić information content (AvgIpc) is 3.99. The number of ether oxygens (including phenoxy) is 4. The normalized spacial score (nSPS) is 10.7. The Morgan fingerprint density at radius 2 is 0.733 bits per heavy atom. The fourth-order valence-electron chi connectivity index (χ4n) is 5.74. The van der Waals surface area contributed by atoms with Gasteiger partial charge in [0.25, 0.3) is 0 Å². The van der Waals surface area contributed by atoms with Gasteiger partial charge in [-0.05, 0) is 103 Å². The summed E-state index contributed by atoms with van der Waals surface area (Å²) in [7, 11) is 4.33. The number of Topliss-reactive ketones (excluding diaryl/α,β-unsaturated/α-hetero) is 1. The second-order valence-electron chi connectivity index (χ2n) is 13.7. The summed E-state index contributed by atoms with van der Waals surface area (Å²) in [5.74, 6) is 1.20. The van der Waals surface area contributed by atoms with Gasteiger partial charge in [-0.15, -0.1) is 20.4 Å². The zero-order valence-corrected chi connectivity index (χ0v) is 34.2. The molecule has 312 valence electrons. The molecule has 0 amide bonds. The Labute approximate surface area is 348 Å². The summed E-state index contributed by atoms with van der Waals surface area (Å²) in [6.45, 7) is 2.27. The van der Waals surface area contributed by atoms with Crippen LogP contribution in [0.2, 0.25) is 0 Å². The molecule has 0 radical (unpaired) electrons. The first kappa shape index (κ1) is 44.3. The Morgan fingerprint density at radius 3 is 1.02 bits per heavy atom. The molecule has 2 heterocycles. The van der Waals surface area contributed by atoms with E-state index in [0.717, 1.165) is 50.9 Å². The first-order chi connectivity index (χ1) is 29.1. The molecule has 0 unspecified atom stereocenters. The predicted octanol–water partition coefficient (Wildman–Crippen LogP) is 7.66. The lowest BCUT2D eigenvalue weighted by Gasteiger charge is -2.04. The van der Waals surface area contributed by atoms with Gasteiger partial charge in [-0.2, -0.15) is 0 Å². The van der Waals surface area contributed by atoms with E-state index in [1.165, 1.54) is 14.2 Å². The molecule has 6 rings (SSSR count). The minimum Gasteiger partial charge on any atom is -0.469 e. The highest BCUT2D eigenvalue weighted by molar-refractivity contribution is 5.75. The van der Waals surface area contributed by atoms with Crippen LogP contribution < -0.4 is 0 Å². The van der Waals surface area contributed by atoms with Crippen molar-refractivity contribution in [1.82, 2.24) is 20.4 Å². The number of aryl methyl sites for hydroxylation is 4. The molecular formula is C46H48N4O10. The van der Waals surface area contributed by atoms with Gasteiger partial charge in [-0.1, -0.05) is 48.5 Å². The molecule has 0 aliphatic heterocycles. The lowest BCUT2D eigenvalue weighted by Crippen LogP contribution is -2.10. The van der Waals surface area contributed by atoms with Gasteiger partial charge in [-0.25, -0.2) is 0 Å². The minimum atomic E-state index is -0.241. The van der Waals surface area contributed by atoms with Gasteiger partial charge in [0.15, 0.2) is 0 Å². The van der Waals surface area contributed by atoms with Crippen molar-refractivity contribution >= 4 is 23.7 Å². The molecule has 6 aromatic rings. The van der Waals surface area contributed by atoms with Crippen LogP contribution in [-0.4, -0.2) is 78.6 Å². The highest BCUT2D eigenvalue weighted by Gasteiger charge is 2.13. The van der Waals surface area contributed by atoms with Crippen LogP contribution in [0.4, 0.5) is 0 Å². The average molecular weight is 817 g/mol. The lowest BCUT2D eigenvalue weighted by atomic mass is 10.1. The van der Waals surface area contributed by atoms with Crippen LogP contribution in [-0.2, 0) is 63.8 Å². The fourth-order valence-corrected chi connectivity index (χ4v) is 5.74. The number of ketones is 1. The second-order valence-corrected chi connectivity index (χ2v) is 13.7. The number of aromatic nitrogens is 4. The van der Waals surface area contributed by atoms with Gasteiger partial charge >= 0.3 is 17.9 Å². The summed E-state index contributed by atoms with van der Waals surface area (Å²) in [4.78, 5) is 45.3. The topological polar surface area (TPSA) is 183 Å². The maximum atomic E-state index is 11.7.